The molecule has 0 saturated heterocycles. The molecule has 1 N–H and O–H groups in total. The highest BCUT2D eigenvalue weighted by Crippen LogP contribution is 2.35. The lowest BCUT2D eigenvalue weighted by Gasteiger charge is -2.14. The summed E-state index contributed by atoms with van der Waals surface area (Å²) in [4.78, 5) is 16.1. The molecular weight excluding hydrogens is 272 g/mol. The van der Waals surface area contributed by atoms with Crippen molar-refractivity contribution in [2.45, 2.75) is 34.2 Å². The number of hydrogen-bond acceptors (Lipinski definition) is 6. The number of aromatic nitrogens is 3. The van der Waals surface area contributed by atoms with Crippen molar-refractivity contribution >= 4 is 22.9 Å². The third-order valence-corrected chi connectivity index (χ3v) is 3.01. The van der Waals surface area contributed by atoms with E-state index in [4.69, 9.17) is 9.47 Å². The normalized spacial score (nSPS) is 10.7. The van der Waals surface area contributed by atoms with Crippen LogP contribution in [-0.2, 0) is 11.3 Å². The maximum atomic E-state index is 11.6. The number of pyridine rings is 1. The molecule has 0 saturated carbocycles. The topological polar surface area (TPSA) is 78.3 Å². The second-order valence-electron chi connectivity index (χ2n) is 4.41. The van der Waals surface area contributed by atoms with Gasteiger partial charge in [-0.3, -0.25) is 0 Å². The van der Waals surface area contributed by atoms with Crippen LogP contribution in [0.5, 0.6) is 5.75 Å². The van der Waals surface area contributed by atoms with E-state index in [0.29, 0.717) is 23.7 Å². The first kappa shape index (κ1) is 15.1. The van der Waals surface area contributed by atoms with Gasteiger partial charge in [-0.05, 0) is 27.7 Å². The van der Waals surface area contributed by atoms with Crippen molar-refractivity contribution in [2.24, 2.45) is 0 Å². The molecule has 2 heterocycles. The summed E-state index contributed by atoms with van der Waals surface area (Å²) >= 11 is 0. The molecule has 2 rings (SSSR count). The minimum Gasteiger partial charge on any atom is -0.434 e. The van der Waals surface area contributed by atoms with Gasteiger partial charge in [-0.25, -0.2) is 14.5 Å². The van der Waals surface area contributed by atoms with Gasteiger partial charge < -0.3 is 14.8 Å². The Morgan fingerprint density at radius 3 is 2.76 bits per heavy atom. The van der Waals surface area contributed by atoms with Crippen LogP contribution >= 0.6 is 0 Å². The number of carbonyl (C=O) groups is 1. The van der Waals surface area contributed by atoms with E-state index >= 15 is 0 Å². The van der Waals surface area contributed by atoms with Gasteiger partial charge in [-0.2, -0.15) is 5.10 Å². The lowest BCUT2D eigenvalue weighted by atomic mass is 10.2. The number of anilines is 1. The lowest BCUT2D eigenvalue weighted by molar-refractivity contribution is 0.104. The number of ether oxygens (including phenoxy) is 2. The van der Waals surface area contributed by atoms with Crippen molar-refractivity contribution in [3.05, 3.63) is 11.9 Å². The van der Waals surface area contributed by atoms with Crippen molar-refractivity contribution in [2.75, 3.05) is 18.5 Å². The largest absolute Gasteiger partial charge is 0.513 e. The molecule has 0 bridgehead atoms. The smallest absolute Gasteiger partial charge is 0.434 e. The second-order valence-corrected chi connectivity index (χ2v) is 4.41. The van der Waals surface area contributed by atoms with Crippen LogP contribution in [0, 0.1) is 6.92 Å². The molecule has 21 heavy (non-hydrogen) atoms. The predicted octanol–water partition coefficient (Wildman–Crippen LogP) is 2.73. The summed E-state index contributed by atoms with van der Waals surface area (Å²) in [5.41, 5.74) is 2.09. The van der Waals surface area contributed by atoms with E-state index in [9.17, 15) is 4.79 Å². The van der Waals surface area contributed by atoms with Gasteiger partial charge in [0.25, 0.3) is 0 Å². The Kier molecular flexibility index (Phi) is 4.62. The van der Waals surface area contributed by atoms with E-state index in [2.05, 4.69) is 15.4 Å². The van der Waals surface area contributed by atoms with Gasteiger partial charge in [-0.15, -0.1) is 0 Å². The standard InChI is InChI=1S/C14H20N4O3/c1-5-15-11-10-8-16-18(6-2)13(10)17-9(4)12(11)21-14(19)20-7-3/h8H,5-7H2,1-4H3,(H,15,17). The van der Waals surface area contributed by atoms with E-state index in [1.165, 1.54) is 0 Å². The summed E-state index contributed by atoms with van der Waals surface area (Å²) in [5, 5.41) is 8.34. The molecule has 0 atom stereocenters. The van der Waals surface area contributed by atoms with E-state index < -0.39 is 6.16 Å². The Morgan fingerprint density at radius 2 is 2.14 bits per heavy atom. The number of nitrogens with one attached hydrogen (secondary N) is 1. The van der Waals surface area contributed by atoms with Crippen LogP contribution < -0.4 is 10.1 Å². The Hall–Kier alpha value is -2.31. The maximum Gasteiger partial charge on any atom is 0.513 e. The van der Waals surface area contributed by atoms with Gasteiger partial charge in [0.15, 0.2) is 11.4 Å². The molecule has 0 radical (unpaired) electrons. The second kappa shape index (κ2) is 6.43. The number of nitrogens with zero attached hydrogens (tertiary/aromatic N) is 3. The van der Waals surface area contributed by atoms with Crippen LogP contribution in [0.4, 0.5) is 10.5 Å². The van der Waals surface area contributed by atoms with E-state index in [1.54, 1.807) is 24.7 Å². The SMILES string of the molecule is CCNc1c(OC(=O)OCC)c(C)nc2c1cnn2CC. The van der Waals surface area contributed by atoms with Gasteiger partial charge >= 0.3 is 6.16 Å². The molecule has 0 amide bonds. The molecule has 0 unspecified atom stereocenters. The Morgan fingerprint density at radius 1 is 1.38 bits per heavy atom. The summed E-state index contributed by atoms with van der Waals surface area (Å²) in [6, 6.07) is 0. The Labute approximate surface area is 123 Å². The number of hydrogen-bond donors (Lipinski definition) is 1. The van der Waals surface area contributed by atoms with Crippen LogP contribution in [0.1, 0.15) is 26.5 Å². The van der Waals surface area contributed by atoms with Crippen molar-refractivity contribution in [3.63, 3.8) is 0 Å². The van der Waals surface area contributed by atoms with E-state index in [1.807, 2.05) is 13.8 Å². The zero-order chi connectivity index (χ0) is 15.4. The summed E-state index contributed by atoms with van der Waals surface area (Å²) < 4.78 is 11.9. The van der Waals surface area contributed by atoms with Crippen LogP contribution in [-0.4, -0.2) is 34.1 Å². The zero-order valence-electron chi connectivity index (χ0n) is 12.8. The average molecular weight is 292 g/mol. The molecule has 7 nitrogen and oxygen atoms in total. The third kappa shape index (κ3) is 2.91. The van der Waals surface area contributed by atoms with Crippen molar-refractivity contribution in [1.29, 1.82) is 0 Å². The number of carbonyl (C=O) groups excluding carboxylic acids is 1. The zero-order valence-corrected chi connectivity index (χ0v) is 12.8. The summed E-state index contributed by atoms with van der Waals surface area (Å²) in [5.74, 6) is 0.387. The molecule has 0 aliphatic heterocycles. The third-order valence-electron chi connectivity index (χ3n) is 3.01. The lowest BCUT2D eigenvalue weighted by Crippen LogP contribution is -2.13. The molecule has 0 fully saturated rings. The fourth-order valence-corrected chi connectivity index (χ4v) is 2.13. The highest BCUT2D eigenvalue weighted by atomic mass is 16.7. The van der Waals surface area contributed by atoms with Crippen molar-refractivity contribution < 1.29 is 14.3 Å². The number of fused-ring (bicyclic) bond motifs is 1. The van der Waals surface area contributed by atoms with Gasteiger partial charge in [0.2, 0.25) is 0 Å². The Balaban J connectivity index is 2.55. The molecule has 2 aromatic heterocycles. The summed E-state index contributed by atoms with van der Waals surface area (Å²) in [6.45, 7) is 9.17. The van der Waals surface area contributed by atoms with Gasteiger partial charge in [0, 0.05) is 13.1 Å². The van der Waals surface area contributed by atoms with E-state index in [-0.39, 0.29) is 6.61 Å². The van der Waals surface area contributed by atoms with Crippen LogP contribution in [0.15, 0.2) is 6.20 Å². The minimum absolute atomic E-state index is 0.262. The van der Waals surface area contributed by atoms with Crippen molar-refractivity contribution in [1.82, 2.24) is 14.8 Å². The molecule has 7 heteroatoms. The molecule has 0 aromatic carbocycles. The molecule has 0 spiro atoms. The average Bonchev–Trinajstić information content (AvgIpc) is 2.85. The first-order chi connectivity index (χ1) is 10.1. The molecular formula is C14H20N4O3. The highest BCUT2D eigenvalue weighted by molar-refractivity contribution is 5.94. The molecule has 114 valence electrons. The van der Waals surface area contributed by atoms with Gasteiger partial charge in [0.05, 0.1) is 29.6 Å². The molecule has 0 aliphatic rings. The predicted molar refractivity (Wildman–Crippen MR) is 79.8 cm³/mol. The summed E-state index contributed by atoms with van der Waals surface area (Å²) in [7, 11) is 0. The fourth-order valence-electron chi connectivity index (χ4n) is 2.13. The maximum absolute atomic E-state index is 11.6. The summed E-state index contributed by atoms with van der Waals surface area (Å²) in [6.07, 6.45) is 0.991. The minimum atomic E-state index is -0.733. The monoisotopic (exact) mass is 292 g/mol. The van der Waals surface area contributed by atoms with Crippen LogP contribution in [0.25, 0.3) is 11.0 Å². The molecule has 2 aromatic rings. The van der Waals surface area contributed by atoms with E-state index in [0.717, 1.165) is 17.6 Å². The van der Waals surface area contributed by atoms with Crippen molar-refractivity contribution in [3.8, 4) is 5.75 Å². The first-order valence-corrected chi connectivity index (χ1v) is 7.06. The molecule has 0 aliphatic carbocycles. The van der Waals surface area contributed by atoms with Gasteiger partial charge in [0.1, 0.15) is 0 Å². The Bertz CT molecular complexity index is 651. The number of aryl methyl sites for hydroxylation is 2. The number of rotatable bonds is 5. The van der Waals surface area contributed by atoms with Crippen LogP contribution in [0.3, 0.4) is 0 Å². The van der Waals surface area contributed by atoms with Gasteiger partial charge in [-0.1, -0.05) is 0 Å². The quantitative estimate of drug-likeness (QED) is 0.854. The first-order valence-electron chi connectivity index (χ1n) is 7.06. The fraction of sp³-hybridized carbons (Fsp3) is 0.500. The highest BCUT2D eigenvalue weighted by Gasteiger charge is 2.19. The van der Waals surface area contributed by atoms with Crippen LogP contribution in [0.2, 0.25) is 0 Å².